The van der Waals surface area contributed by atoms with Crippen LogP contribution in [0.1, 0.15) is 12.8 Å². The molecule has 1 aliphatic heterocycles. The minimum Gasteiger partial charge on any atom is -0.381 e. The number of anilines is 2. The molecule has 2 aromatic rings. The molecule has 1 fully saturated rings. The van der Waals surface area contributed by atoms with E-state index < -0.39 is 0 Å². The van der Waals surface area contributed by atoms with Crippen LogP contribution in [0.5, 0.6) is 0 Å². The van der Waals surface area contributed by atoms with E-state index in [4.69, 9.17) is 10.6 Å². The average molecular weight is 273 g/mol. The standard InChI is InChI=1S/C14H19N5O/c15-19-14-17-12-4-2-1-3-11(12)13(18-14)16-9-10-5-7-20-8-6-10/h1-4,10H,5-9,15H2,(H2,16,17,18,19). The lowest BCUT2D eigenvalue weighted by molar-refractivity contribution is 0.0699. The van der Waals surface area contributed by atoms with Gasteiger partial charge in [-0.3, -0.25) is 5.43 Å². The molecular weight excluding hydrogens is 254 g/mol. The quantitative estimate of drug-likeness (QED) is 0.581. The average Bonchev–Trinajstić information content (AvgIpc) is 2.53. The SMILES string of the molecule is NNc1nc(NCC2CCOCC2)c2ccccc2n1. The van der Waals surface area contributed by atoms with Gasteiger partial charge in [0, 0.05) is 25.1 Å². The van der Waals surface area contributed by atoms with Gasteiger partial charge in [0.1, 0.15) is 5.82 Å². The molecule has 0 aliphatic carbocycles. The fourth-order valence-corrected chi connectivity index (χ4v) is 2.47. The molecule has 6 nitrogen and oxygen atoms in total. The van der Waals surface area contributed by atoms with E-state index in [0.29, 0.717) is 11.9 Å². The van der Waals surface area contributed by atoms with E-state index in [1.54, 1.807) is 0 Å². The number of hydrogen-bond donors (Lipinski definition) is 3. The van der Waals surface area contributed by atoms with Crippen molar-refractivity contribution in [3.63, 3.8) is 0 Å². The van der Waals surface area contributed by atoms with E-state index in [1.165, 1.54) is 0 Å². The van der Waals surface area contributed by atoms with E-state index in [1.807, 2.05) is 24.3 Å². The molecule has 1 aromatic heterocycles. The number of nitrogens with zero attached hydrogens (tertiary/aromatic N) is 2. The number of para-hydroxylation sites is 1. The fourth-order valence-electron chi connectivity index (χ4n) is 2.47. The predicted molar refractivity (Wildman–Crippen MR) is 79.4 cm³/mol. The summed E-state index contributed by atoms with van der Waals surface area (Å²) in [6, 6.07) is 7.91. The molecule has 1 aliphatic rings. The maximum absolute atomic E-state index is 5.43. The Kier molecular flexibility index (Phi) is 3.94. The molecule has 2 heterocycles. The molecule has 6 heteroatoms. The van der Waals surface area contributed by atoms with Crippen molar-refractivity contribution in [3.8, 4) is 0 Å². The van der Waals surface area contributed by atoms with Crippen LogP contribution in [-0.2, 0) is 4.74 Å². The van der Waals surface area contributed by atoms with Crippen LogP contribution in [0.4, 0.5) is 11.8 Å². The number of nitrogens with two attached hydrogens (primary N) is 1. The van der Waals surface area contributed by atoms with Crippen molar-refractivity contribution in [1.82, 2.24) is 9.97 Å². The summed E-state index contributed by atoms with van der Waals surface area (Å²) in [7, 11) is 0. The summed E-state index contributed by atoms with van der Waals surface area (Å²) in [6.45, 7) is 2.60. The van der Waals surface area contributed by atoms with E-state index >= 15 is 0 Å². The van der Waals surface area contributed by atoms with E-state index in [-0.39, 0.29) is 0 Å². The zero-order chi connectivity index (χ0) is 13.8. The van der Waals surface area contributed by atoms with Crippen molar-refractivity contribution in [2.24, 2.45) is 11.8 Å². The number of hydrazine groups is 1. The largest absolute Gasteiger partial charge is 0.381 e. The Bertz CT molecular complexity index is 583. The normalized spacial score (nSPS) is 16.2. The molecule has 4 N–H and O–H groups in total. The Morgan fingerprint density at radius 2 is 2.00 bits per heavy atom. The molecule has 0 amide bonds. The first kappa shape index (κ1) is 13.1. The maximum Gasteiger partial charge on any atom is 0.239 e. The second kappa shape index (κ2) is 6.02. The number of hydrogen-bond acceptors (Lipinski definition) is 6. The van der Waals surface area contributed by atoms with Gasteiger partial charge in [0.25, 0.3) is 0 Å². The van der Waals surface area contributed by atoms with Crippen LogP contribution in [0.15, 0.2) is 24.3 Å². The Morgan fingerprint density at radius 1 is 1.20 bits per heavy atom. The van der Waals surface area contributed by atoms with Gasteiger partial charge in [0.05, 0.1) is 5.52 Å². The van der Waals surface area contributed by atoms with Gasteiger partial charge < -0.3 is 10.1 Å². The molecule has 1 saturated heterocycles. The monoisotopic (exact) mass is 273 g/mol. The molecule has 0 saturated carbocycles. The van der Waals surface area contributed by atoms with Crippen molar-refractivity contribution < 1.29 is 4.74 Å². The highest BCUT2D eigenvalue weighted by Crippen LogP contribution is 2.23. The second-order valence-electron chi connectivity index (χ2n) is 4.99. The molecule has 0 radical (unpaired) electrons. The highest BCUT2D eigenvalue weighted by Gasteiger charge is 2.14. The Labute approximate surface area is 117 Å². The number of aromatic nitrogens is 2. The summed E-state index contributed by atoms with van der Waals surface area (Å²) in [5, 5.41) is 4.44. The summed E-state index contributed by atoms with van der Waals surface area (Å²) in [6.07, 6.45) is 2.19. The maximum atomic E-state index is 5.43. The van der Waals surface area contributed by atoms with Crippen LogP contribution in [-0.4, -0.2) is 29.7 Å². The van der Waals surface area contributed by atoms with Crippen molar-refractivity contribution in [1.29, 1.82) is 0 Å². The predicted octanol–water partition coefficient (Wildman–Crippen LogP) is 1.75. The third kappa shape index (κ3) is 2.81. The summed E-state index contributed by atoms with van der Waals surface area (Å²) >= 11 is 0. The zero-order valence-corrected chi connectivity index (χ0v) is 11.3. The Morgan fingerprint density at radius 3 is 2.80 bits per heavy atom. The first-order valence-electron chi connectivity index (χ1n) is 6.92. The molecule has 0 bridgehead atoms. The molecule has 3 rings (SSSR count). The molecule has 20 heavy (non-hydrogen) atoms. The fraction of sp³-hybridized carbons (Fsp3) is 0.429. The molecule has 0 atom stereocenters. The van der Waals surface area contributed by atoms with Crippen LogP contribution in [0.3, 0.4) is 0 Å². The van der Waals surface area contributed by atoms with E-state index in [2.05, 4.69) is 20.7 Å². The summed E-state index contributed by atoms with van der Waals surface area (Å²) in [5.74, 6) is 7.32. The summed E-state index contributed by atoms with van der Waals surface area (Å²) in [4.78, 5) is 8.76. The van der Waals surface area contributed by atoms with Crippen LogP contribution in [0, 0.1) is 5.92 Å². The van der Waals surface area contributed by atoms with Gasteiger partial charge in [-0.05, 0) is 30.9 Å². The molecule has 1 aromatic carbocycles. The van der Waals surface area contributed by atoms with Gasteiger partial charge in [-0.15, -0.1) is 0 Å². The first-order chi connectivity index (χ1) is 9.86. The third-order valence-corrected chi connectivity index (χ3v) is 3.63. The van der Waals surface area contributed by atoms with E-state index in [0.717, 1.165) is 49.3 Å². The van der Waals surface area contributed by atoms with Crippen LogP contribution < -0.4 is 16.6 Å². The van der Waals surface area contributed by atoms with Crippen molar-refractivity contribution in [2.75, 3.05) is 30.5 Å². The van der Waals surface area contributed by atoms with Gasteiger partial charge in [-0.2, -0.15) is 4.98 Å². The zero-order valence-electron chi connectivity index (χ0n) is 11.3. The molecule has 0 unspecified atom stereocenters. The van der Waals surface area contributed by atoms with Gasteiger partial charge in [-0.25, -0.2) is 10.8 Å². The molecule has 106 valence electrons. The minimum atomic E-state index is 0.429. The van der Waals surface area contributed by atoms with Crippen LogP contribution in [0.2, 0.25) is 0 Å². The lowest BCUT2D eigenvalue weighted by Gasteiger charge is -2.22. The number of fused-ring (bicyclic) bond motifs is 1. The third-order valence-electron chi connectivity index (χ3n) is 3.63. The summed E-state index contributed by atoms with van der Waals surface area (Å²) in [5.41, 5.74) is 3.39. The first-order valence-corrected chi connectivity index (χ1v) is 6.92. The summed E-state index contributed by atoms with van der Waals surface area (Å²) < 4.78 is 5.38. The van der Waals surface area contributed by atoms with Crippen LogP contribution >= 0.6 is 0 Å². The van der Waals surface area contributed by atoms with Gasteiger partial charge >= 0.3 is 0 Å². The van der Waals surface area contributed by atoms with Crippen molar-refractivity contribution in [2.45, 2.75) is 12.8 Å². The Balaban J connectivity index is 1.81. The smallest absolute Gasteiger partial charge is 0.239 e. The van der Waals surface area contributed by atoms with Gasteiger partial charge in [0.2, 0.25) is 5.95 Å². The second-order valence-corrected chi connectivity index (χ2v) is 4.99. The topological polar surface area (TPSA) is 85.1 Å². The van der Waals surface area contributed by atoms with Gasteiger partial charge in [-0.1, -0.05) is 12.1 Å². The van der Waals surface area contributed by atoms with Crippen LogP contribution in [0.25, 0.3) is 10.9 Å². The highest BCUT2D eigenvalue weighted by molar-refractivity contribution is 5.89. The van der Waals surface area contributed by atoms with Crippen molar-refractivity contribution >= 4 is 22.7 Å². The number of rotatable bonds is 4. The number of benzene rings is 1. The molecular formula is C14H19N5O. The van der Waals surface area contributed by atoms with Gasteiger partial charge in [0.15, 0.2) is 0 Å². The number of nitrogens with one attached hydrogen (secondary N) is 2. The Hall–Kier alpha value is -1.92. The van der Waals surface area contributed by atoms with E-state index in [9.17, 15) is 0 Å². The van der Waals surface area contributed by atoms with Crippen molar-refractivity contribution in [3.05, 3.63) is 24.3 Å². The number of nitrogen functional groups attached to an aromatic ring is 1. The lowest BCUT2D eigenvalue weighted by atomic mass is 10.0. The minimum absolute atomic E-state index is 0.429. The molecule has 0 spiro atoms. The lowest BCUT2D eigenvalue weighted by Crippen LogP contribution is -2.23. The number of ether oxygens (including phenoxy) is 1. The highest BCUT2D eigenvalue weighted by atomic mass is 16.5.